The third kappa shape index (κ3) is 10.7. The lowest BCUT2D eigenvalue weighted by Crippen LogP contribution is -2.44. The summed E-state index contributed by atoms with van der Waals surface area (Å²) in [6, 6.07) is 7.51. The van der Waals surface area contributed by atoms with E-state index in [-0.39, 0.29) is 23.7 Å². The Morgan fingerprint density at radius 3 is 1.86 bits per heavy atom. The molecule has 1 aliphatic rings. The SMILES string of the molecule is COCCOCOc1cc(C(O)c2cc(O[Si](C)(C)C(C)(C)C)ccc2O[Si](C)(C)C(C)(C)C)c(OCOCCOC)c2c1OC(C)(C)C=C2. The Labute approximate surface area is 302 Å². The van der Waals surface area contributed by atoms with E-state index in [1.807, 2.05) is 44.2 Å². The molecule has 1 aliphatic heterocycles. The standard InChI is InChI=1S/C38H62O10Si2/c1-36(2,3)49(11,12)47-27-15-16-31(48-50(13,14)37(4,5)6)29(23-27)33(39)30-24-32(44-25-42-21-19-40-9)35-28(17-18-38(7,8)46-35)34(30)45-26-43-22-20-41-10/h15-18,23-24,33,39H,19-22,25-26H2,1-14H3. The monoisotopic (exact) mass is 734 g/mol. The Balaban J connectivity index is 2.25. The molecular weight excluding hydrogens is 673 g/mol. The van der Waals surface area contributed by atoms with Gasteiger partial charge in [0.2, 0.25) is 16.6 Å². The molecule has 2 aromatic carbocycles. The van der Waals surface area contributed by atoms with Crippen molar-refractivity contribution in [2.75, 3.05) is 54.2 Å². The van der Waals surface area contributed by atoms with Gasteiger partial charge < -0.3 is 47.1 Å². The van der Waals surface area contributed by atoms with Crippen LogP contribution < -0.4 is 23.1 Å². The highest BCUT2D eigenvalue weighted by molar-refractivity contribution is 6.75. The number of aliphatic hydroxyl groups excluding tert-OH is 1. The van der Waals surface area contributed by atoms with E-state index in [2.05, 4.69) is 67.7 Å². The number of hydrogen-bond donors (Lipinski definition) is 1. The lowest BCUT2D eigenvalue weighted by molar-refractivity contribution is -0.0131. The van der Waals surface area contributed by atoms with Crippen molar-refractivity contribution in [2.45, 2.75) is 103 Å². The topological polar surface area (TPSA) is 103 Å². The number of aliphatic hydroxyl groups is 1. The molecule has 0 aromatic heterocycles. The fraction of sp³-hybridized carbons (Fsp3) is 0.632. The molecule has 1 unspecified atom stereocenters. The van der Waals surface area contributed by atoms with Crippen LogP contribution in [0.25, 0.3) is 6.08 Å². The summed E-state index contributed by atoms with van der Waals surface area (Å²) in [5, 5.41) is 12.4. The third-order valence-electron chi connectivity index (χ3n) is 9.65. The van der Waals surface area contributed by atoms with Gasteiger partial charge in [-0.3, -0.25) is 0 Å². The van der Waals surface area contributed by atoms with Gasteiger partial charge in [0.25, 0.3) is 0 Å². The molecule has 1 atom stereocenters. The fourth-order valence-electron chi connectivity index (χ4n) is 4.52. The van der Waals surface area contributed by atoms with Crippen molar-refractivity contribution in [1.29, 1.82) is 0 Å². The molecule has 0 saturated heterocycles. The second-order valence-corrected chi connectivity index (χ2v) is 25.7. The number of ether oxygens (including phenoxy) is 7. The summed E-state index contributed by atoms with van der Waals surface area (Å²) in [5.41, 5.74) is 1.00. The fourth-order valence-corrected chi connectivity index (χ4v) is 6.59. The Kier molecular flexibility index (Phi) is 14.1. The van der Waals surface area contributed by atoms with Gasteiger partial charge in [-0.1, -0.05) is 41.5 Å². The first-order valence-electron chi connectivity index (χ1n) is 17.3. The molecule has 0 amide bonds. The molecule has 0 saturated carbocycles. The minimum atomic E-state index is -2.33. The average Bonchev–Trinajstić information content (AvgIpc) is 3.00. The van der Waals surface area contributed by atoms with Gasteiger partial charge in [0.15, 0.2) is 25.1 Å². The molecule has 0 spiro atoms. The first-order valence-corrected chi connectivity index (χ1v) is 23.1. The zero-order chi connectivity index (χ0) is 37.5. The van der Waals surface area contributed by atoms with Crippen LogP contribution in [0.5, 0.6) is 28.7 Å². The molecule has 1 N–H and O–H groups in total. The lowest BCUT2D eigenvalue weighted by Gasteiger charge is -2.38. The van der Waals surface area contributed by atoms with Crippen molar-refractivity contribution in [2.24, 2.45) is 0 Å². The maximum absolute atomic E-state index is 12.5. The summed E-state index contributed by atoms with van der Waals surface area (Å²) in [4.78, 5) is 0. The molecule has 1 heterocycles. The van der Waals surface area contributed by atoms with Gasteiger partial charge in [0, 0.05) is 25.3 Å². The van der Waals surface area contributed by atoms with E-state index in [9.17, 15) is 5.11 Å². The van der Waals surface area contributed by atoms with Gasteiger partial charge >= 0.3 is 0 Å². The molecule has 282 valence electrons. The van der Waals surface area contributed by atoms with E-state index in [0.29, 0.717) is 71.9 Å². The Bertz CT molecular complexity index is 1440. The van der Waals surface area contributed by atoms with Gasteiger partial charge in [-0.05, 0) is 86.5 Å². The average molecular weight is 735 g/mol. The van der Waals surface area contributed by atoms with Crippen LogP contribution in [0.2, 0.25) is 36.3 Å². The van der Waals surface area contributed by atoms with E-state index >= 15 is 0 Å². The van der Waals surface area contributed by atoms with Crippen LogP contribution in [-0.2, 0) is 18.9 Å². The van der Waals surface area contributed by atoms with Gasteiger partial charge in [-0.25, -0.2) is 0 Å². The van der Waals surface area contributed by atoms with E-state index in [1.165, 1.54) is 0 Å². The summed E-state index contributed by atoms with van der Waals surface area (Å²) in [5.74, 6) is 2.54. The zero-order valence-corrected chi connectivity index (χ0v) is 34.9. The van der Waals surface area contributed by atoms with Crippen molar-refractivity contribution in [3.8, 4) is 28.7 Å². The van der Waals surface area contributed by atoms with Crippen LogP contribution in [-0.4, -0.2) is 81.6 Å². The van der Waals surface area contributed by atoms with Crippen molar-refractivity contribution in [1.82, 2.24) is 0 Å². The molecule has 10 nitrogen and oxygen atoms in total. The van der Waals surface area contributed by atoms with Crippen LogP contribution in [0, 0.1) is 0 Å². The molecule has 0 fully saturated rings. The largest absolute Gasteiger partial charge is 0.543 e. The van der Waals surface area contributed by atoms with Gasteiger partial charge in [-0.15, -0.1) is 0 Å². The third-order valence-corrected chi connectivity index (χ3v) is 18.3. The van der Waals surface area contributed by atoms with Gasteiger partial charge in [-0.2, -0.15) is 0 Å². The van der Waals surface area contributed by atoms with Crippen LogP contribution in [0.1, 0.15) is 78.2 Å². The summed E-state index contributed by atoms with van der Waals surface area (Å²) in [6.45, 7) is 27.3. The first-order chi connectivity index (χ1) is 23.1. The second kappa shape index (κ2) is 16.8. The van der Waals surface area contributed by atoms with Crippen molar-refractivity contribution in [3.63, 3.8) is 0 Å². The molecule has 50 heavy (non-hydrogen) atoms. The van der Waals surface area contributed by atoms with Crippen molar-refractivity contribution >= 4 is 22.7 Å². The van der Waals surface area contributed by atoms with Gasteiger partial charge in [0.05, 0.1) is 32.0 Å². The van der Waals surface area contributed by atoms with Crippen LogP contribution in [0.4, 0.5) is 0 Å². The van der Waals surface area contributed by atoms with E-state index in [4.69, 9.17) is 42.0 Å². The van der Waals surface area contributed by atoms with Crippen LogP contribution in [0.15, 0.2) is 30.3 Å². The predicted molar refractivity (Wildman–Crippen MR) is 203 cm³/mol. The Morgan fingerprint density at radius 2 is 1.30 bits per heavy atom. The molecule has 12 heteroatoms. The summed E-state index contributed by atoms with van der Waals surface area (Å²) < 4.78 is 54.2. The smallest absolute Gasteiger partial charge is 0.250 e. The normalized spacial score (nSPS) is 15.3. The van der Waals surface area contributed by atoms with E-state index in [1.54, 1.807) is 20.3 Å². The van der Waals surface area contributed by atoms with E-state index < -0.39 is 28.3 Å². The number of benzene rings is 2. The number of rotatable bonds is 18. The quantitative estimate of drug-likeness (QED) is 0.0909. The van der Waals surface area contributed by atoms with Crippen molar-refractivity contribution < 1.29 is 47.1 Å². The predicted octanol–water partition coefficient (Wildman–Crippen LogP) is 8.72. The number of fused-ring (bicyclic) bond motifs is 1. The maximum atomic E-state index is 12.5. The Hall–Kier alpha value is -2.59. The summed E-state index contributed by atoms with van der Waals surface area (Å²) in [7, 11) is -1.32. The minimum Gasteiger partial charge on any atom is -0.543 e. The highest BCUT2D eigenvalue weighted by atomic mass is 28.4. The summed E-state index contributed by atoms with van der Waals surface area (Å²) in [6.07, 6.45) is 2.67. The number of hydrogen-bond acceptors (Lipinski definition) is 10. The van der Waals surface area contributed by atoms with Crippen LogP contribution >= 0.6 is 0 Å². The van der Waals surface area contributed by atoms with Crippen molar-refractivity contribution in [3.05, 3.63) is 47.0 Å². The molecular formula is C38H62O10Si2. The zero-order valence-electron chi connectivity index (χ0n) is 32.9. The van der Waals surface area contributed by atoms with Crippen LogP contribution in [0.3, 0.4) is 0 Å². The maximum Gasteiger partial charge on any atom is 0.250 e. The highest BCUT2D eigenvalue weighted by Crippen LogP contribution is 2.50. The lowest BCUT2D eigenvalue weighted by atomic mass is 9.93. The highest BCUT2D eigenvalue weighted by Gasteiger charge is 2.42. The summed E-state index contributed by atoms with van der Waals surface area (Å²) >= 11 is 0. The molecule has 0 radical (unpaired) electrons. The molecule has 2 aromatic rings. The molecule has 0 bridgehead atoms. The number of methoxy groups -OCH3 is 2. The minimum absolute atomic E-state index is 0.0257. The Morgan fingerprint density at radius 1 is 0.740 bits per heavy atom. The second-order valence-electron chi connectivity index (χ2n) is 16.2. The van der Waals surface area contributed by atoms with E-state index in [0.717, 1.165) is 0 Å². The first kappa shape index (κ1) is 41.8. The molecule has 0 aliphatic carbocycles. The van der Waals surface area contributed by atoms with Gasteiger partial charge in [0.1, 0.15) is 29.0 Å². The molecule has 3 rings (SSSR count).